The summed E-state index contributed by atoms with van der Waals surface area (Å²) >= 11 is 0. The number of carboxylic acids is 1. The van der Waals surface area contributed by atoms with E-state index in [0.717, 1.165) is 0 Å². The highest BCUT2D eigenvalue weighted by Crippen LogP contribution is 2.58. The van der Waals surface area contributed by atoms with Gasteiger partial charge in [0.25, 0.3) is 0 Å². The number of carbonyl (C=O) groups excluding carboxylic acids is 2. The van der Waals surface area contributed by atoms with Crippen LogP contribution in [0, 0.1) is 23.2 Å². The summed E-state index contributed by atoms with van der Waals surface area (Å²) < 4.78 is 0. The van der Waals surface area contributed by atoms with Gasteiger partial charge < -0.3 is 15.3 Å². The molecule has 0 aromatic rings. The van der Waals surface area contributed by atoms with Gasteiger partial charge in [0, 0.05) is 14.1 Å². The molecule has 0 aliphatic heterocycles. The van der Waals surface area contributed by atoms with E-state index in [1.165, 1.54) is 4.90 Å². The number of hydrogen-bond acceptors (Lipinski definition) is 3. The topological polar surface area (TPSA) is 86.7 Å². The Morgan fingerprint density at radius 3 is 2.05 bits per heavy atom. The zero-order valence-corrected chi connectivity index (χ0v) is 13.6. The number of nitrogens with one attached hydrogen (secondary N) is 1. The van der Waals surface area contributed by atoms with Crippen LogP contribution in [-0.4, -0.2) is 47.9 Å². The van der Waals surface area contributed by atoms with Crippen molar-refractivity contribution in [2.45, 2.75) is 40.2 Å². The predicted molar refractivity (Wildman–Crippen MR) is 78.5 cm³/mol. The summed E-state index contributed by atoms with van der Waals surface area (Å²) in [4.78, 5) is 37.0. The van der Waals surface area contributed by atoms with Crippen molar-refractivity contribution < 1.29 is 19.5 Å². The first-order valence-corrected chi connectivity index (χ1v) is 7.24. The Labute approximate surface area is 125 Å². The van der Waals surface area contributed by atoms with Gasteiger partial charge in [-0.3, -0.25) is 14.4 Å². The molecule has 2 N–H and O–H groups in total. The summed E-state index contributed by atoms with van der Waals surface area (Å²) in [6.45, 7) is 7.48. The average molecular weight is 298 g/mol. The Hall–Kier alpha value is -1.59. The van der Waals surface area contributed by atoms with Gasteiger partial charge in [0.05, 0.1) is 11.8 Å². The normalized spacial score (nSPS) is 24.3. The molecule has 6 nitrogen and oxygen atoms in total. The highest BCUT2D eigenvalue weighted by Gasteiger charge is 2.66. The number of hydrogen-bond donors (Lipinski definition) is 2. The number of aliphatic carboxylic acids is 1. The van der Waals surface area contributed by atoms with Crippen molar-refractivity contribution in [1.29, 1.82) is 0 Å². The molecule has 6 heteroatoms. The molecule has 1 aliphatic carbocycles. The molecule has 1 rings (SSSR count). The van der Waals surface area contributed by atoms with Gasteiger partial charge in [0.1, 0.15) is 6.04 Å². The van der Waals surface area contributed by atoms with Crippen LogP contribution in [0.2, 0.25) is 0 Å². The van der Waals surface area contributed by atoms with E-state index >= 15 is 0 Å². The quantitative estimate of drug-likeness (QED) is 0.765. The summed E-state index contributed by atoms with van der Waals surface area (Å²) in [6, 6.07) is -0.599. The number of carbonyl (C=O) groups is 3. The van der Waals surface area contributed by atoms with Crippen molar-refractivity contribution >= 4 is 17.8 Å². The van der Waals surface area contributed by atoms with Gasteiger partial charge in [-0.2, -0.15) is 0 Å². The molecule has 1 aliphatic rings. The number of nitrogens with zero attached hydrogens (tertiary/aromatic N) is 1. The molecule has 0 aromatic heterocycles. The maximum atomic E-state index is 12.3. The van der Waals surface area contributed by atoms with Gasteiger partial charge in [0.15, 0.2) is 0 Å². The third kappa shape index (κ3) is 3.74. The Bertz CT molecular complexity index is 443. The summed E-state index contributed by atoms with van der Waals surface area (Å²) in [5.41, 5.74) is -0.556. The lowest BCUT2D eigenvalue weighted by atomic mass is 10.0. The van der Waals surface area contributed by atoms with E-state index in [1.807, 2.05) is 13.8 Å². The first kappa shape index (κ1) is 17.5. The maximum Gasteiger partial charge on any atom is 0.307 e. The summed E-state index contributed by atoms with van der Waals surface area (Å²) in [7, 11) is 3.28. The van der Waals surface area contributed by atoms with Gasteiger partial charge >= 0.3 is 5.97 Å². The monoisotopic (exact) mass is 298 g/mol. The molecular weight excluding hydrogens is 272 g/mol. The van der Waals surface area contributed by atoms with Gasteiger partial charge in [-0.25, -0.2) is 0 Å². The van der Waals surface area contributed by atoms with Crippen molar-refractivity contribution in [3.63, 3.8) is 0 Å². The lowest BCUT2D eigenvalue weighted by Gasteiger charge is -2.23. The molecule has 1 fully saturated rings. The molecule has 0 radical (unpaired) electrons. The van der Waals surface area contributed by atoms with Crippen LogP contribution < -0.4 is 5.32 Å². The second kappa shape index (κ2) is 6.03. The molecule has 0 bridgehead atoms. The van der Waals surface area contributed by atoms with Crippen molar-refractivity contribution in [1.82, 2.24) is 10.2 Å². The molecule has 120 valence electrons. The first-order valence-electron chi connectivity index (χ1n) is 7.24. The van der Waals surface area contributed by atoms with E-state index in [4.69, 9.17) is 5.11 Å². The van der Waals surface area contributed by atoms with Gasteiger partial charge in [-0.15, -0.1) is 0 Å². The van der Waals surface area contributed by atoms with Gasteiger partial charge in [-0.1, -0.05) is 27.7 Å². The van der Waals surface area contributed by atoms with E-state index < -0.39 is 29.3 Å². The van der Waals surface area contributed by atoms with Crippen molar-refractivity contribution in [2.24, 2.45) is 23.2 Å². The smallest absolute Gasteiger partial charge is 0.307 e. The van der Waals surface area contributed by atoms with Crippen LogP contribution in [0.5, 0.6) is 0 Å². The van der Waals surface area contributed by atoms with Crippen LogP contribution in [0.4, 0.5) is 0 Å². The molecule has 0 aromatic carbocycles. The second-order valence-corrected chi connectivity index (χ2v) is 7.04. The van der Waals surface area contributed by atoms with Gasteiger partial charge in [0.2, 0.25) is 11.8 Å². The average Bonchev–Trinajstić information content (AvgIpc) is 2.90. The molecule has 0 spiro atoms. The Balaban J connectivity index is 2.78. The lowest BCUT2D eigenvalue weighted by molar-refractivity contribution is -0.140. The van der Waals surface area contributed by atoms with E-state index in [0.29, 0.717) is 6.42 Å². The highest BCUT2D eigenvalue weighted by molar-refractivity contribution is 5.94. The first-order chi connectivity index (χ1) is 9.50. The third-order valence-corrected chi connectivity index (χ3v) is 4.14. The standard InChI is InChI=1S/C15H26N2O4/c1-8(2)7-9(13(19)17(5)6)16-12(18)10-11(14(20)21)15(10,3)4/h8-11H,7H2,1-6H3,(H,16,18)(H,20,21). The fraction of sp³-hybridized carbons (Fsp3) is 0.800. The van der Waals surface area contributed by atoms with Gasteiger partial charge in [-0.05, 0) is 17.8 Å². The largest absolute Gasteiger partial charge is 0.481 e. The number of likely N-dealkylation sites (N-methyl/N-ethyl adjacent to an activating group) is 1. The number of rotatable bonds is 6. The molecule has 0 saturated heterocycles. The zero-order valence-electron chi connectivity index (χ0n) is 13.6. The molecular formula is C15H26N2O4. The van der Waals surface area contributed by atoms with Crippen LogP contribution in [0.3, 0.4) is 0 Å². The SMILES string of the molecule is CC(C)CC(NC(=O)C1C(C(=O)O)C1(C)C)C(=O)N(C)C. The summed E-state index contributed by atoms with van der Waals surface area (Å²) in [5.74, 6) is -2.46. The van der Waals surface area contributed by atoms with E-state index in [-0.39, 0.29) is 17.7 Å². The van der Waals surface area contributed by atoms with E-state index in [9.17, 15) is 14.4 Å². The minimum atomic E-state index is -0.959. The Morgan fingerprint density at radius 1 is 1.19 bits per heavy atom. The fourth-order valence-electron chi connectivity index (χ4n) is 2.85. The van der Waals surface area contributed by atoms with Crippen molar-refractivity contribution in [2.75, 3.05) is 14.1 Å². The lowest BCUT2D eigenvalue weighted by Crippen LogP contribution is -2.47. The van der Waals surface area contributed by atoms with Crippen molar-refractivity contribution in [3.05, 3.63) is 0 Å². The second-order valence-electron chi connectivity index (χ2n) is 7.04. The van der Waals surface area contributed by atoms with Crippen LogP contribution >= 0.6 is 0 Å². The predicted octanol–water partition coefficient (Wildman–Crippen LogP) is 0.962. The maximum absolute atomic E-state index is 12.3. The Morgan fingerprint density at radius 2 is 1.71 bits per heavy atom. The highest BCUT2D eigenvalue weighted by atomic mass is 16.4. The van der Waals surface area contributed by atoms with Crippen molar-refractivity contribution in [3.8, 4) is 0 Å². The molecule has 0 heterocycles. The molecule has 1 saturated carbocycles. The third-order valence-electron chi connectivity index (χ3n) is 4.14. The van der Waals surface area contributed by atoms with Crippen LogP contribution in [-0.2, 0) is 14.4 Å². The zero-order chi connectivity index (χ0) is 16.5. The van der Waals surface area contributed by atoms with Crippen LogP contribution in [0.1, 0.15) is 34.1 Å². The number of carboxylic acid groups (broad SMARTS) is 1. The number of amides is 2. The minimum Gasteiger partial charge on any atom is -0.481 e. The molecule has 2 amide bonds. The summed E-state index contributed by atoms with van der Waals surface area (Å²) in [6.07, 6.45) is 0.535. The minimum absolute atomic E-state index is 0.164. The Kier molecular flexibility index (Phi) is 5.02. The molecule has 3 atom stereocenters. The fourth-order valence-corrected chi connectivity index (χ4v) is 2.85. The van der Waals surface area contributed by atoms with E-state index in [1.54, 1.807) is 27.9 Å². The molecule has 21 heavy (non-hydrogen) atoms. The summed E-state index contributed by atoms with van der Waals surface area (Å²) in [5, 5.41) is 11.9. The van der Waals surface area contributed by atoms with Crippen LogP contribution in [0.25, 0.3) is 0 Å². The van der Waals surface area contributed by atoms with Crippen LogP contribution in [0.15, 0.2) is 0 Å². The van der Waals surface area contributed by atoms with E-state index in [2.05, 4.69) is 5.32 Å². The molecule has 3 unspecified atom stereocenters.